The van der Waals surface area contributed by atoms with Crippen LogP contribution in [0.15, 0.2) is 18.2 Å². The molecule has 0 aromatic heterocycles. The van der Waals surface area contributed by atoms with Crippen LogP contribution in [0.25, 0.3) is 0 Å². The highest BCUT2D eigenvalue weighted by Gasteiger charge is 2.35. The highest BCUT2D eigenvalue weighted by Crippen LogP contribution is 2.43. The number of hydrogen-bond acceptors (Lipinski definition) is 3. The van der Waals surface area contributed by atoms with Crippen LogP contribution in [0.4, 0.5) is 0 Å². The highest BCUT2D eigenvalue weighted by molar-refractivity contribution is 5.45. The summed E-state index contributed by atoms with van der Waals surface area (Å²) in [5.74, 6) is 2.49. The fraction of sp³-hybridized carbons (Fsp3) is 0.647. The summed E-state index contributed by atoms with van der Waals surface area (Å²) in [6.45, 7) is 3.38. The lowest BCUT2D eigenvalue weighted by atomic mass is 9.67. The van der Waals surface area contributed by atoms with Crippen molar-refractivity contribution in [3.05, 3.63) is 23.8 Å². The van der Waals surface area contributed by atoms with Crippen molar-refractivity contribution in [1.29, 1.82) is 0 Å². The zero-order chi connectivity index (χ0) is 14.6. The molecule has 3 heteroatoms. The minimum absolute atomic E-state index is 0.237. The molecule has 1 aromatic carbocycles. The second kappa shape index (κ2) is 6.49. The average Bonchev–Trinajstić information content (AvgIpc) is 2.49. The van der Waals surface area contributed by atoms with Crippen molar-refractivity contribution >= 4 is 0 Å². The van der Waals surface area contributed by atoms with E-state index in [1.54, 1.807) is 14.2 Å². The lowest BCUT2D eigenvalue weighted by molar-refractivity contribution is 0.236. The smallest absolute Gasteiger partial charge is 0.161 e. The molecule has 2 rings (SSSR count). The van der Waals surface area contributed by atoms with E-state index in [4.69, 9.17) is 9.47 Å². The maximum atomic E-state index is 5.47. The third kappa shape index (κ3) is 2.93. The van der Waals surface area contributed by atoms with Gasteiger partial charge in [-0.2, -0.15) is 0 Å². The summed E-state index contributed by atoms with van der Waals surface area (Å²) in [7, 11) is 5.43. The van der Waals surface area contributed by atoms with Crippen molar-refractivity contribution < 1.29 is 9.47 Å². The van der Waals surface area contributed by atoms with Crippen LogP contribution in [0.5, 0.6) is 11.5 Å². The van der Waals surface area contributed by atoms with Crippen LogP contribution < -0.4 is 14.8 Å². The second-order valence-electron chi connectivity index (χ2n) is 6.06. The molecule has 0 atom stereocenters. The Balaban J connectivity index is 2.34. The molecule has 1 aliphatic rings. The van der Waals surface area contributed by atoms with E-state index in [1.165, 1.54) is 31.2 Å². The van der Waals surface area contributed by atoms with E-state index in [0.29, 0.717) is 0 Å². The molecule has 0 radical (unpaired) electrons. The molecule has 0 bridgehead atoms. The number of benzene rings is 1. The van der Waals surface area contributed by atoms with Gasteiger partial charge in [0.1, 0.15) is 0 Å². The number of likely N-dealkylation sites (N-methyl/N-ethyl adjacent to an activating group) is 1. The zero-order valence-corrected chi connectivity index (χ0v) is 13.2. The number of methoxy groups -OCH3 is 2. The normalized spacial score (nSPS) is 26.3. The van der Waals surface area contributed by atoms with E-state index in [9.17, 15) is 0 Å². The van der Waals surface area contributed by atoms with Gasteiger partial charge in [-0.05, 0) is 56.3 Å². The number of hydrogen-bond donors (Lipinski definition) is 1. The minimum Gasteiger partial charge on any atom is -0.493 e. The molecule has 0 saturated heterocycles. The van der Waals surface area contributed by atoms with Gasteiger partial charge < -0.3 is 14.8 Å². The quantitative estimate of drug-likeness (QED) is 0.895. The molecule has 20 heavy (non-hydrogen) atoms. The fourth-order valence-corrected chi connectivity index (χ4v) is 3.39. The molecule has 0 amide bonds. The lowest BCUT2D eigenvalue weighted by Crippen LogP contribution is -2.40. The van der Waals surface area contributed by atoms with Crippen LogP contribution in [0.2, 0.25) is 0 Å². The third-order valence-electron chi connectivity index (χ3n) is 4.74. The predicted octanol–water partition coefficient (Wildman–Crippen LogP) is 3.37. The largest absolute Gasteiger partial charge is 0.493 e. The first-order chi connectivity index (χ1) is 9.65. The van der Waals surface area contributed by atoms with Crippen LogP contribution in [0, 0.1) is 5.92 Å². The van der Waals surface area contributed by atoms with Crippen LogP contribution in [-0.4, -0.2) is 27.8 Å². The van der Waals surface area contributed by atoms with Crippen molar-refractivity contribution in [3.63, 3.8) is 0 Å². The van der Waals surface area contributed by atoms with Crippen molar-refractivity contribution in [2.45, 2.75) is 38.0 Å². The fourth-order valence-electron chi connectivity index (χ4n) is 3.39. The van der Waals surface area contributed by atoms with Crippen molar-refractivity contribution in [1.82, 2.24) is 5.32 Å². The molecule has 1 aliphatic carbocycles. The molecule has 0 spiro atoms. The van der Waals surface area contributed by atoms with Gasteiger partial charge in [-0.1, -0.05) is 13.0 Å². The first kappa shape index (κ1) is 15.2. The number of nitrogens with one attached hydrogen (secondary N) is 1. The molecule has 112 valence electrons. The van der Waals surface area contributed by atoms with Gasteiger partial charge in [0.05, 0.1) is 14.2 Å². The Kier molecular flexibility index (Phi) is 4.92. The molecule has 1 fully saturated rings. The van der Waals surface area contributed by atoms with Crippen LogP contribution in [-0.2, 0) is 5.41 Å². The van der Waals surface area contributed by atoms with Crippen molar-refractivity contribution in [2.75, 3.05) is 27.8 Å². The van der Waals surface area contributed by atoms with Gasteiger partial charge in [-0.25, -0.2) is 0 Å². The van der Waals surface area contributed by atoms with Gasteiger partial charge >= 0.3 is 0 Å². The number of ether oxygens (including phenoxy) is 2. The van der Waals surface area contributed by atoms with Gasteiger partial charge in [0.15, 0.2) is 11.5 Å². The average molecular weight is 277 g/mol. The molecule has 0 aliphatic heterocycles. The summed E-state index contributed by atoms with van der Waals surface area (Å²) >= 11 is 0. The Morgan fingerprint density at radius 1 is 1.15 bits per heavy atom. The number of rotatable bonds is 5. The SMILES string of the molecule is CNCC1(c2ccc(OC)c(OC)c2)CCC(C)CC1. The standard InChI is InChI=1S/C17H27NO2/c1-13-7-9-17(10-8-13,12-18-2)14-5-6-15(19-3)16(11-14)20-4/h5-6,11,13,18H,7-10,12H2,1-4H3. The molecular weight excluding hydrogens is 250 g/mol. The monoisotopic (exact) mass is 277 g/mol. The Bertz CT molecular complexity index is 437. The van der Waals surface area contributed by atoms with Gasteiger partial charge in [-0.3, -0.25) is 0 Å². The molecule has 0 unspecified atom stereocenters. The Labute approximate surface area is 122 Å². The van der Waals surface area contributed by atoms with Crippen LogP contribution in [0.1, 0.15) is 38.2 Å². The van der Waals surface area contributed by atoms with E-state index in [2.05, 4.69) is 24.4 Å². The Morgan fingerprint density at radius 3 is 2.35 bits per heavy atom. The molecule has 0 heterocycles. The van der Waals surface area contributed by atoms with Gasteiger partial charge in [0.2, 0.25) is 0 Å². The molecule has 1 N–H and O–H groups in total. The van der Waals surface area contributed by atoms with Crippen LogP contribution >= 0.6 is 0 Å². The van der Waals surface area contributed by atoms with Gasteiger partial charge in [0, 0.05) is 12.0 Å². The Hall–Kier alpha value is -1.22. The zero-order valence-electron chi connectivity index (χ0n) is 13.2. The lowest BCUT2D eigenvalue weighted by Gasteiger charge is -2.40. The summed E-state index contributed by atoms with van der Waals surface area (Å²) < 4.78 is 10.8. The first-order valence-electron chi connectivity index (χ1n) is 7.52. The summed E-state index contributed by atoms with van der Waals surface area (Å²) in [5, 5.41) is 3.39. The summed E-state index contributed by atoms with van der Waals surface area (Å²) in [4.78, 5) is 0. The summed E-state index contributed by atoms with van der Waals surface area (Å²) in [6, 6.07) is 6.39. The van der Waals surface area contributed by atoms with Gasteiger partial charge in [-0.15, -0.1) is 0 Å². The van der Waals surface area contributed by atoms with Crippen LogP contribution in [0.3, 0.4) is 0 Å². The van der Waals surface area contributed by atoms with E-state index in [1.807, 2.05) is 13.1 Å². The highest BCUT2D eigenvalue weighted by atomic mass is 16.5. The van der Waals surface area contributed by atoms with Crippen molar-refractivity contribution in [2.24, 2.45) is 5.92 Å². The Morgan fingerprint density at radius 2 is 1.80 bits per heavy atom. The summed E-state index contributed by atoms with van der Waals surface area (Å²) in [5.41, 5.74) is 1.61. The predicted molar refractivity (Wildman–Crippen MR) is 82.8 cm³/mol. The minimum atomic E-state index is 0.237. The van der Waals surface area contributed by atoms with E-state index in [0.717, 1.165) is 24.0 Å². The molecule has 1 aromatic rings. The van der Waals surface area contributed by atoms with E-state index >= 15 is 0 Å². The van der Waals surface area contributed by atoms with E-state index < -0.39 is 0 Å². The maximum Gasteiger partial charge on any atom is 0.161 e. The topological polar surface area (TPSA) is 30.5 Å². The van der Waals surface area contributed by atoms with Crippen molar-refractivity contribution in [3.8, 4) is 11.5 Å². The molecule has 1 saturated carbocycles. The van der Waals surface area contributed by atoms with Gasteiger partial charge in [0.25, 0.3) is 0 Å². The van der Waals surface area contributed by atoms with E-state index in [-0.39, 0.29) is 5.41 Å². The molecular formula is C17H27NO2. The maximum absolute atomic E-state index is 5.47. The molecule has 3 nitrogen and oxygen atoms in total. The first-order valence-corrected chi connectivity index (χ1v) is 7.52. The second-order valence-corrected chi connectivity index (χ2v) is 6.06. The summed E-state index contributed by atoms with van der Waals surface area (Å²) in [6.07, 6.45) is 5.08. The third-order valence-corrected chi connectivity index (χ3v) is 4.74.